The minimum absolute atomic E-state index is 0.0347. The Morgan fingerprint density at radius 3 is 2.73 bits per heavy atom. The largest absolute Gasteiger partial charge is 0.466 e. The first kappa shape index (κ1) is 16.8. The fraction of sp³-hybridized carbons (Fsp3) is 0.562. The van der Waals surface area contributed by atoms with Crippen LogP contribution in [-0.2, 0) is 9.53 Å². The van der Waals surface area contributed by atoms with Crippen LogP contribution in [0.1, 0.15) is 31.4 Å². The Balaban J connectivity index is 1.88. The van der Waals surface area contributed by atoms with Gasteiger partial charge in [-0.1, -0.05) is 0 Å². The summed E-state index contributed by atoms with van der Waals surface area (Å²) in [6.45, 7) is 3.61. The van der Waals surface area contributed by atoms with Crippen LogP contribution >= 0.6 is 0 Å². The monoisotopic (exact) mass is 313 g/mol. The van der Waals surface area contributed by atoms with Crippen molar-refractivity contribution in [1.82, 2.24) is 4.90 Å². The molecular formula is C16H21F2NO3. The van der Waals surface area contributed by atoms with E-state index in [0.29, 0.717) is 32.5 Å². The fourth-order valence-corrected chi connectivity index (χ4v) is 2.72. The number of aliphatic hydroxyl groups excluding tert-OH is 1. The number of ether oxygens (including phenoxy) is 1. The molecule has 0 bridgehead atoms. The Hall–Kier alpha value is -1.53. The topological polar surface area (TPSA) is 49.8 Å². The average Bonchev–Trinajstić information content (AvgIpc) is 2.50. The molecular weight excluding hydrogens is 292 g/mol. The molecule has 0 aromatic heterocycles. The maximum Gasteiger partial charge on any atom is 0.309 e. The van der Waals surface area contributed by atoms with E-state index in [4.69, 9.17) is 4.74 Å². The SMILES string of the molecule is CCOC(=O)C1CCN(CC(O)c2cc(F)ccc2F)CC1. The van der Waals surface area contributed by atoms with Crippen LogP contribution in [0.15, 0.2) is 18.2 Å². The third-order valence-electron chi connectivity index (χ3n) is 3.96. The normalized spacial score (nSPS) is 18.2. The van der Waals surface area contributed by atoms with Crippen LogP contribution in [-0.4, -0.2) is 42.2 Å². The number of nitrogens with zero attached hydrogens (tertiary/aromatic N) is 1. The van der Waals surface area contributed by atoms with Gasteiger partial charge in [-0.2, -0.15) is 0 Å². The number of rotatable bonds is 5. The van der Waals surface area contributed by atoms with E-state index < -0.39 is 17.7 Å². The maximum atomic E-state index is 13.6. The van der Waals surface area contributed by atoms with E-state index in [-0.39, 0.29) is 24.0 Å². The second kappa shape index (κ2) is 7.65. The van der Waals surface area contributed by atoms with E-state index >= 15 is 0 Å². The standard InChI is InChI=1S/C16H21F2NO3/c1-2-22-16(21)11-5-7-19(8-6-11)10-15(20)13-9-12(17)3-4-14(13)18/h3-4,9,11,15,20H,2,5-8,10H2,1H3. The number of carbonyl (C=O) groups is 1. The molecule has 1 N–H and O–H groups in total. The van der Waals surface area contributed by atoms with Crippen LogP contribution in [0.4, 0.5) is 8.78 Å². The second-order valence-corrected chi connectivity index (χ2v) is 5.51. The third kappa shape index (κ3) is 4.24. The zero-order chi connectivity index (χ0) is 16.1. The summed E-state index contributed by atoms with van der Waals surface area (Å²) in [7, 11) is 0. The van der Waals surface area contributed by atoms with Gasteiger partial charge in [0.05, 0.1) is 18.6 Å². The molecule has 0 saturated carbocycles. The highest BCUT2D eigenvalue weighted by Gasteiger charge is 2.27. The molecule has 6 heteroatoms. The van der Waals surface area contributed by atoms with Crippen LogP contribution in [0.2, 0.25) is 0 Å². The molecule has 0 aliphatic carbocycles. The molecule has 1 heterocycles. The summed E-state index contributed by atoms with van der Waals surface area (Å²) in [4.78, 5) is 13.6. The van der Waals surface area contributed by atoms with Crippen molar-refractivity contribution in [2.45, 2.75) is 25.9 Å². The van der Waals surface area contributed by atoms with Crippen molar-refractivity contribution in [3.05, 3.63) is 35.4 Å². The van der Waals surface area contributed by atoms with Gasteiger partial charge in [-0.3, -0.25) is 4.79 Å². The lowest BCUT2D eigenvalue weighted by Gasteiger charge is -2.32. The molecule has 1 aromatic carbocycles. The zero-order valence-electron chi connectivity index (χ0n) is 12.6. The lowest BCUT2D eigenvalue weighted by atomic mass is 9.96. The molecule has 1 atom stereocenters. The van der Waals surface area contributed by atoms with Crippen LogP contribution < -0.4 is 0 Å². The predicted molar refractivity (Wildman–Crippen MR) is 77.1 cm³/mol. The number of hydrogen-bond donors (Lipinski definition) is 1. The highest BCUT2D eigenvalue weighted by molar-refractivity contribution is 5.72. The second-order valence-electron chi connectivity index (χ2n) is 5.51. The van der Waals surface area contributed by atoms with Gasteiger partial charge < -0.3 is 14.7 Å². The lowest BCUT2D eigenvalue weighted by molar-refractivity contribution is -0.149. The summed E-state index contributed by atoms with van der Waals surface area (Å²) in [5.74, 6) is -1.48. The van der Waals surface area contributed by atoms with Crippen molar-refractivity contribution in [2.24, 2.45) is 5.92 Å². The number of likely N-dealkylation sites (tertiary alicyclic amines) is 1. The van der Waals surface area contributed by atoms with Gasteiger partial charge in [0.25, 0.3) is 0 Å². The Morgan fingerprint density at radius 2 is 2.09 bits per heavy atom. The van der Waals surface area contributed by atoms with Gasteiger partial charge in [-0.25, -0.2) is 8.78 Å². The summed E-state index contributed by atoms with van der Waals surface area (Å²) in [5.41, 5.74) is -0.0347. The number of benzene rings is 1. The van der Waals surface area contributed by atoms with E-state index in [2.05, 4.69) is 0 Å². The zero-order valence-corrected chi connectivity index (χ0v) is 12.6. The molecule has 0 radical (unpaired) electrons. The Bertz CT molecular complexity index is 516. The molecule has 1 unspecified atom stereocenters. The van der Waals surface area contributed by atoms with Crippen LogP contribution in [0, 0.1) is 17.6 Å². The number of β-amino-alcohol motifs (C(OH)–C–C–N with tert-alkyl or cyclic N) is 1. The predicted octanol–water partition coefficient (Wildman–Crippen LogP) is 2.27. The van der Waals surface area contributed by atoms with Gasteiger partial charge in [0.15, 0.2) is 0 Å². The first-order valence-electron chi connectivity index (χ1n) is 7.53. The quantitative estimate of drug-likeness (QED) is 0.847. The Labute approximate surface area is 128 Å². The van der Waals surface area contributed by atoms with Crippen molar-refractivity contribution in [1.29, 1.82) is 0 Å². The van der Waals surface area contributed by atoms with Crippen molar-refractivity contribution >= 4 is 5.97 Å². The molecule has 1 aliphatic heterocycles. The van der Waals surface area contributed by atoms with Gasteiger partial charge in [-0.15, -0.1) is 0 Å². The van der Waals surface area contributed by atoms with E-state index in [1.807, 2.05) is 4.90 Å². The maximum absolute atomic E-state index is 13.6. The van der Waals surface area contributed by atoms with Gasteiger partial charge in [0.2, 0.25) is 0 Å². The van der Waals surface area contributed by atoms with E-state index in [9.17, 15) is 18.7 Å². The van der Waals surface area contributed by atoms with Gasteiger partial charge in [-0.05, 0) is 51.1 Å². The Kier molecular flexibility index (Phi) is 5.85. The highest BCUT2D eigenvalue weighted by Crippen LogP contribution is 2.23. The number of carbonyl (C=O) groups excluding carboxylic acids is 1. The molecule has 1 fully saturated rings. The molecule has 0 spiro atoms. The highest BCUT2D eigenvalue weighted by atomic mass is 19.1. The summed E-state index contributed by atoms with van der Waals surface area (Å²) < 4.78 is 31.8. The molecule has 1 saturated heterocycles. The van der Waals surface area contributed by atoms with Crippen molar-refractivity contribution in [3.8, 4) is 0 Å². The summed E-state index contributed by atoms with van der Waals surface area (Å²) in [5, 5.41) is 10.1. The first-order chi connectivity index (χ1) is 10.5. The lowest BCUT2D eigenvalue weighted by Crippen LogP contribution is -2.39. The minimum Gasteiger partial charge on any atom is -0.466 e. The van der Waals surface area contributed by atoms with Gasteiger partial charge in [0, 0.05) is 12.1 Å². The number of hydrogen-bond acceptors (Lipinski definition) is 4. The van der Waals surface area contributed by atoms with E-state index in [1.165, 1.54) is 0 Å². The molecule has 122 valence electrons. The number of esters is 1. The van der Waals surface area contributed by atoms with Crippen molar-refractivity contribution in [2.75, 3.05) is 26.2 Å². The molecule has 4 nitrogen and oxygen atoms in total. The van der Waals surface area contributed by atoms with E-state index in [0.717, 1.165) is 18.2 Å². The smallest absolute Gasteiger partial charge is 0.309 e. The number of halogens is 2. The molecule has 1 aromatic rings. The molecule has 0 amide bonds. The average molecular weight is 313 g/mol. The van der Waals surface area contributed by atoms with Gasteiger partial charge >= 0.3 is 5.97 Å². The van der Waals surface area contributed by atoms with Crippen LogP contribution in [0.3, 0.4) is 0 Å². The summed E-state index contributed by atoms with van der Waals surface area (Å²) >= 11 is 0. The van der Waals surface area contributed by atoms with Crippen molar-refractivity contribution in [3.63, 3.8) is 0 Å². The summed E-state index contributed by atoms with van der Waals surface area (Å²) in [6.07, 6.45) is 0.212. The molecule has 1 aliphatic rings. The summed E-state index contributed by atoms with van der Waals surface area (Å²) in [6, 6.07) is 3.06. The van der Waals surface area contributed by atoms with Gasteiger partial charge in [0.1, 0.15) is 11.6 Å². The van der Waals surface area contributed by atoms with Crippen molar-refractivity contribution < 1.29 is 23.4 Å². The molecule has 2 rings (SSSR count). The fourth-order valence-electron chi connectivity index (χ4n) is 2.72. The Morgan fingerprint density at radius 1 is 1.41 bits per heavy atom. The van der Waals surface area contributed by atoms with Crippen LogP contribution in [0.25, 0.3) is 0 Å². The number of piperidine rings is 1. The first-order valence-corrected chi connectivity index (χ1v) is 7.53. The third-order valence-corrected chi connectivity index (χ3v) is 3.96. The molecule has 22 heavy (non-hydrogen) atoms. The number of aliphatic hydroxyl groups is 1. The van der Waals surface area contributed by atoms with E-state index in [1.54, 1.807) is 6.92 Å². The minimum atomic E-state index is -1.09. The van der Waals surface area contributed by atoms with Crippen LogP contribution in [0.5, 0.6) is 0 Å².